The van der Waals surface area contributed by atoms with Crippen LogP contribution in [0.5, 0.6) is 0 Å². The van der Waals surface area contributed by atoms with Crippen LogP contribution >= 0.6 is 0 Å². The summed E-state index contributed by atoms with van der Waals surface area (Å²) in [7, 11) is 0. The Morgan fingerprint density at radius 3 is 2.70 bits per heavy atom. The normalized spacial score (nSPS) is 16.9. The molecule has 0 bridgehead atoms. The summed E-state index contributed by atoms with van der Waals surface area (Å²) in [5, 5.41) is 11.0. The number of anilines is 2. The fourth-order valence-electron chi connectivity index (χ4n) is 3.67. The third-order valence-electron chi connectivity index (χ3n) is 5.26. The SMILES string of the molecule is CC(=O)O[C@@H](C(=O)Nc1ccc(C(=N)N)cc1)[C@H]1OCCN(c2ccc3[nH]ccc3c2)C1=O. The molecular weight excluding hydrogens is 426 g/mol. The molecule has 0 saturated carbocycles. The number of aromatic amines is 1. The largest absolute Gasteiger partial charge is 0.449 e. The van der Waals surface area contributed by atoms with E-state index in [1.807, 2.05) is 24.4 Å². The van der Waals surface area contributed by atoms with Crippen molar-refractivity contribution < 1.29 is 23.9 Å². The van der Waals surface area contributed by atoms with Crippen LogP contribution in [0.15, 0.2) is 54.7 Å². The first kappa shape index (κ1) is 22.0. The minimum atomic E-state index is -1.48. The van der Waals surface area contributed by atoms with Crippen molar-refractivity contribution >= 4 is 45.9 Å². The number of nitrogens with zero attached hydrogens (tertiary/aromatic N) is 1. The highest BCUT2D eigenvalue weighted by atomic mass is 16.6. The van der Waals surface area contributed by atoms with E-state index in [0.29, 0.717) is 23.5 Å². The fraction of sp³-hybridized carbons (Fsp3) is 0.217. The number of nitrogens with two attached hydrogens (primary N) is 1. The molecular formula is C23H23N5O5. The zero-order chi connectivity index (χ0) is 23.5. The zero-order valence-corrected chi connectivity index (χ0v) is 17.8. The third-order valence-corrected chi connectivity index (χ3v) is 5.26. The highest BCUT2D eigenvalue weighted by Crippen LogP contribution is 2.25. The number of nitrogen functional groups attached to an aromatic ring is 1. The molecule has 2 atom stereocenters. The average molecular weight is 449 g/mol. The Labute approximate surface area is 189 Å². The topological polar surface area (TPSA) is 151 Å². The molecule has 170 valence electrons. The number of hydrogen-bond donors (Lipinski definition) is 4. The van der Waals surface area contributed by atoms with Gasteiger partial charge in [-0.3, -0.25) is 19.8 Å². The molecule has 2 amide bonds. The molecule has 1 fully saturated rings. The van der Waals surface area contributed by atoms with Crippen LogP contribution in [-0.4, -0.2) is 54.0 Å². The van der Waals surface area contributed by atoms with Gasteiger partial charge in [-0.05, 0) is 48.5 Å². The van der Waals surface area contributed by atoms with E-state index in [-0.39, 0.29) is 12.4 Å². The summed E-state index contributed by atoms with van der Waals surface area (Å²) >= 11 is 0. The van der Waals surface area contributed by atoms with Crippen molar-refractivity contribution in [1.82, 2.24) is 4.98 Å². The van der Waals surface area contributed by atoms with Crippen LogP contribution in [0.1, 0.15) is 12.5 Å². The van der Waals surface area contributed by atoms with Crippen molar-refractivity contribution in [2.45, 2.75) is 19.1 Å². The number of amidine groups is 1. The number of carbonyl (C=O) groups excluding carboxylic acids is 3. The summed E-state index contributed by atoms with van der Waals surface area (Å²) in [5.74, 6) is -2.01. The van der Waals surface area contributed by atoms with Crippen LogP contribution in [0.25, 0.3) is 10.9 Å². The Balaban J connectivity index is 1.56. The molecule has 4 rings (SSSR count). The van der Waals surface area contributed by atoms with Gasteiger partial charge in [0.2, 0.25) is 6.10 Å². The number of fused-ring (bicyclic) bond motifs is 1. The summed E-state index contributed by atoms with van der Waals surface area (Å²) in [6, 6.07) is 13.7. The quantitative estimate of drug-likeness (QED) is 0.256. The Bertz CT molecular complexity index is 1220. The lowest BCUT2D eigenvalue weighted by Crippen LogP contribution is -2.56. The van der Waals surface area contributed by atoms with Gasteiger partial charge in [0, 0.05) is 47.5 Å². The molecule has 3 aromatic rings. The van der Waals surface area contributed by atoms with E-state index in [1.54, 1.807) is 30.3 Å². The maximum absolute atomic E-state index is 13.3. The molecule has 1 aromatic heterocycles. The second-order valence-electron chi connectivity index (χ2n) is 7.54. The maximum Gasteiger partial charge on any atom is 0.303 e. The molecule has 1 aliphatic heterocycles. The highest BCUT2D eigenvalue weighted by molar-refractivity contribution is 6.05. The van der Waals surface area contributed by atoms with Gasteiger partial charge in [-0.25, -0.2) is 0 Å². The summed E-state index contributed by atoms with van der Waals surface area (Å²) in [5.41, 5.74) is 7.91. The smallest absolute Gasteiger partial charge is 0.303 e. The van der Waals surface area contributed by atoms with Crippen molar-refractivity contribution in [3.63, 3.8) is 0 Å². The second-order valence-corrected chi connectivity index (χ2v) is 7.54. The molecule has 10 nitrogen and oxygen atoms in total. The van der Waals surface area contributed by atoms with Gasteiger partial charge in [0.25, 0.3) is 11.8 Å². The number of aromatic nitrogens is 1. The van der Waals surface area contributed by atoms with Crippen LogP contribution in [0.3, 0.4) is 0 Å². The van der Waals surface area contributed by atoms with Gasteiger partial charge in [-0.15, -0.1) is 0 Å². The average Bonchev–Trinajstić information content (AvgIpc) is 3.26. The van der Waals surface area contributed by atoms with Crippen LogP contribution in [0.2, 0.25) is 0 Å². The second kappa shape index (κ2) is 9.13. The van der Waals surface area contributed by atoms with E-state index in [9.17, 15) is 14.4 Å². The van der Waals surface area contributed by atoms with E-state index in [4.69, 9.17) is 20.6 Å². The molecule has 0 unspecified atom stereocenters. The number of rotatable bonds is 6. The Morgan fingerprint density at radius 2 is 2.00 bits per heavy atom. The van der Waals surface area contributed by atoms with Gasteiger partial charge in [-0.2, -0.15) is 0 Å². The molecule has 2 heterocycles. The number of nitrogens with one attached hydrogen (secondary N) is 3. The van der Waals surface area contributed by atoms with Gasteiger partial charge in [0.1, 0.15) is 5.84 Å². The van der Waals surface area contributed by atoms with Crippen molar-refractivity contribution in [3.8, 4) is 0 Å². The van der Waals surface area contributed by atoms with Crippen LogP contribution in [-0.2, 0) is 23.9 Å². The standard InChI is InChI=1S/C23H23N5O5/c1-13(29)33-19(22(30)27-16-4-2-14(3-5-16)21(24)25)20-23(31)28(10-11-32-20)17-6-7-18-15(12-17)8-9-26-18/h2-9,12,19-20,26H,10-11H2,1H3,(H3,24,25)(H,27,30)/t19-,20-/m1/s1. The lowest BCUT2D eigenvalue weighted by Gasteiger charge is -2.35. The predicted octanol–water partition coefficient (Wildman–Crippen LogP) is 1.75. The van der Waals surface area contributed by atoms with Gasteiger partial charge in [0.05, 0.1) is 6.61 Å². The lowest BCUT2D eigenvalue weighted by atomic mass is 10.1. The fourth-order valence-corrected chi connectivity index (χ4v) is 3.67. The molecule has 5 N–H and O–H groups in total. The summed E-state index contributed by atoms with van der Waals surface area (Å²) in [4.78, 5) is 42.6. The van der Waals surface area contributed by atoms with E-state index in [1.165, 1.54) is 4.90 Å². The predicted molar refractivity (Wildman–Crippen MR) is 122 cm³/mol. The molecule has 1 saturated heterocycles. The number of morpholine rings is 1. The Morgan fingerprint density at radius 1 is 1.24 bits per heavy atom. The monoisotopic (exact) mass is 449 g/mol. The van der Waals surface area contributed by atoms with E-state index < -0.39 is 30.0 Å². The zero-order valence-electron chi connectivity index (χ0n) is 17.8. The summed E-state index contributed by atoms with van der Waals surface area (Å²) in [6.07, 6.45) is -0.982. The Kier molecular flexibility index (Phi) is 6.09. The van der Waals surface area contributed by atoms with E-state index >= 15 is 0 Å². The van der Waals surface area contributed by atoms with E-state index in [0.717, 1.165) is 17.8 Å². The number of benzene rings is 2. The number of amides is 2. The molecule has 0 spiro atoms. The molecule has 0 aliphatic carbocycles. The van der Waals surface area contributed by atoms with Crippen LogP contribution in [0.4, 0.5) is 11.4 Å². The van der Waals surface area contributed by atoms with Gasteiger partial charge < -0.3 is 30.4 Å². The number of esters is 1. The molecule has 10 heteroatoms. The summed E-state index contributed by atoms with van der Waals surface area (Å²) in [6.45, 7) is 1.62. The number of H-pyrrole nitrogens is 1. The molecule has 0 radical (unpaired) electrons. The summed E-state index contributed by atoms with van der Waals surface area (Å²) < 4.78 is 10.8. The van der Waals surface area contributed by atoms with Gasteiger partial charge >= 0.3 is 5.97 Å². The minimum Gasteiger partial charge on any atom is -0.449 e. The lowest BCUT2D eigenvalue weighted by molar-refractivity contribution is -0.167. The molecule has 1 aliphatic rings. The third kappa shape index (κ3) is 4.70. The molecule has 33 heavy (non-hydrogen) atoms. The van der Waals surface area contributed by atoms with Gasteiger partial charge in [0.15, 0.2) is 6.10 Å². The first-order valence-electron chi connectivity index (χ1n) is 10.3. The first-order chi connectivity index (χ1) is 15.8. The van der Waals surface area contributed by atoms with Crippen molar-refractivity contribution in [2.24, 2.45) is 5.73 Å². The minimum absolute atomic E-state index is 0.107. The van der Waals surface area contributed by atoms with Crippen LogP contribution < -0.4 is 16.0 Å². The number of carbonyl (C=O) groups is 3. The molecule has 2 aromatic carbocycles. The Hall–Kier alpha value is -4.18. The van der Waals surface area contributed by atoms with Crippen molar-refractivity contribution in [3.05, 3.63) is 60.3 Å². The van der Waals surface area contributed by atoms with Gasteiger partial charge in [-0.1, -0.05) is 0 Å². The van der Waals surface area contributed by atoms with E-state index in [2.05, 4.69) is 10.3 Å². The highest BCUT2D eigenvalue weighted by Gasteiger charge is 2.42. The maximum atomic E-state index is 13.3. The number of ether oxygens (including phenoxy) is 2. The first-order valence-corrected chi connectivity index (χ1v) is 10.3. The van der Waals surface area contributed by atoms with Crippen LogP contribution in [0, 0.1) is 5.41 Å². The van der Waals surface area contributed by atoms with Crippen molar-refractivity contribution in [1.29, 1.82) is 5.41 Å². The van der Waals surface area contributed by atoms with Crippen molar-refractivity contribution in [2.75, 3.05) is 23.4 Å². The number of hydrogen-bond acceptors (Lipinski definition) is 6.